The van der Waals surface area contributed by atoms with E-state index in [0.29, 0.717) is 5.56 Å². The summed E-state index contributed by atoms with van der Waals surface area (Å²) in [6, 6.07) is 15.1. The summed E-state index contributed by atoms with van der Waals surface area (Å²) in [6.45, 7) is 6.27. The maximum absolute atomic E-state index is 10.9. The van der Waals surface area contributed by atoms with Crippen LogP contribution in [0.5, 0.6) is 0 Å². The van der Waals surface area contributed by atoms with Gasteiger partial charge in [0.25, 0.3) is 0 Å². The Morgan fingerprint density at radius 2 is 1.47 bits per heavy atom. The fraction of sp³-hybridized carbons (Fsp3) is 0.318. The molecule has 0 saturated carbocycles. The predicted octanol–water partition coefficient (Wildman–Crippen LogP) is 3.26. The lowest BCUT2D eigenvalue weighted by atomic mass is 10.1. The fourth-order valence-electron chi connectivity index (χ4n) is 3.21. The molecule has 0 radical (unpaired) electrons. The van der Waals surface area contributed by atoms with Gasteiger partial charge < -0.3 is 10.0 Å². The largest absolute Gasteiger partial charge is 0.478 e. The van der Waals surface area contributed by atoms with Crippen molar-refractivity contribution < 1.29 is 27.4 Å². The molecular weight excluding hydrogens is 456 g/mol. The highest BCUT2D eigenvalue weighted by molar-refractivity contribution is 7.79. The Balaban J connectivity index is 0.000000654. The van der Waals surface area contributed by atoms with E-state index >= 15 is 0 Å². The highest BCUT2D eigenvalue weighted by Gasteiger charge is 2.15. The number of carbonyl (C=O) groups is 1. The maximum atomic E-state index is 10.9. The molecule has 0 amide bonds. The van der Waals surface area contributed by atoms with Gasteiger partial charge >= 0.3 is 16.4 Å². The maximum Gasteiger partial charge on any atom is 0.394 e. The molecule has 0 aliphatic carbocycles. The van der Waals surface area contributed by atoms with E-state index in [1.165, 1.54) is 11.1 Å². The minimum Gasteiger partial charge on any atom is -0.478 e. The number of nitrogens with zero attached hydrogens (tertiary/aromatic N) is 2. The number of carboxylic acid groups (broad SMARTS) is 1. The Morgan fingerprint density at radius 1 is 0.938 bits per heavy atom. The number of piperazine rings is 1. The first kappa shape index (κ1) is 26.0. The second-order valence-electron chi connectivity index (χ2n) is 7.30. The van der Waals surface area contributed by atoms with E-state index < -0.39 is 16.4 Å². The van der Waals surface area contributed by atoms with E-state index in [4.69, 9.17) is 34.2 Å². The van der Waals surface area contributed by atoms with E-state index in [9.17, 15) is 4.79 Å². The molecular formula is C22H27ClN2O6S. The SMILES string of the molecule is O=C(O)c1ccc(CCN2CCN(CC=Cc3ccc(Cl)cc3)CC2)cc1.O=S(=O)(O)O. The third-order valence-electron chi connectivity index (χ3n) is 4.93. The lowest BCUT2D eigenvalue weighted by Crippen LogP contribution is -2.46. The number of rotatable bonds is 7. The summed E-state index contributed by atoms with van der Waals surface area (Å²) in [7, 11) is -4.67. The molecule has 174 valence electrons. The Labute approximate surface area is 193 Å². The van der Waals surface area contributed by atoms with Gasteiger partial charge in [-0.15, -0.1) is 0 Å². The Morgan fingerprint density at radius 3 is 2.00 bits per heavy atom. The molecule has 0 bridgehead atoms. The molecule has 1 fully saturated rings. The molecule has 2 aromatic carbocycles. The zero-order valence-corrected chi connectivity index (χ0v) is 19.0. The predicted molar refractivity (Wildman–Crippen MR) is 125 cm³/mol. The van der Waals surface area contributed by atoms with Crippen LogP contribution in [0.15, 0.2) is 54.6 Å². The number of aromatic carboxylic acids is 1. The van der Waals surface area contributed by atoms with E-state index in [0.717, 1.165) is 50.7 Å². The first-order valence-corrected chi connectivity index (χ1v) is 11.8. The van der Waals surface area contributed by atoms with E-state index in [2.05, 4.69) is 22.0 Å². The number of carboxylic acids is 1. The van der Waals surface area contributed by atoms with Crippen molar-refractivity contribution in [1.82, 2.24) is 9.80 Å². The summed E-state index contributed by atoms with van der Waals surface area (Å²) in [5, 5.41) is 9.71. The molecule has 0 spiro atoms. The fourth-order valence-corrected chi connectivity index (χ4v) is 3.33. The van der Waals surface area contributed by atoms with Crippen LogP contribution >= 0.6 is 11.6 Å². The molecule has 0 aromatic heterocycles. The zero-order valence-electron chi connectivity index (χ0n) is 17.5. The van der Waals surface area contributed by atoms with Crippen molar-refractivity contribution in [3.63, 3.8) is 0 Å². The van der Waals surface area contributed by atoms with Gasteiger partial charge in [-0.3, -0.25) is 14.0 Å². The van der Waals surface area contributed by atoms with Crippen LogP contribution in [0, 0.1) is 0 Å². The topological polar surface area (TPSA) is 118 Å². The number of halogens is 1. The third kappa shape index (κ3) is 10.9. The smallest absolute Gasteiger partial charge is 0.394 e. The molecule has 3 rings (SSSR count). The van der Waals surface area contributed by atoms with Gasteiger partial charge in [0, 0.05) is 44.3 Å². The summed E-state index contributed by atoms with van der Waals surface area (Å²) >= 11 is 5.90. The van der Waals surface area contributed by atoms with Gasteiger partial charge in [-0.1, -0.05) is 48.0 Å². The highest BCUT2D eigenvalue weighted by Crippen LogP contribution is 2.11. The van der Waals surface area contributed by atoms with Crippen LogP contribution < -0.4 is 0 Å². The first-order valence-electron chi connectivity index (χ1n) is 9.99. The second-order valence-corrected chi connectivity index (χ2v) is 8.63. The van der Waals surface area contributed by atoms with Crippen LogP contribution in [0.2, 0.25) is 5.02 Å². The highest BCUT2D eigenvalue weighted by atomic mass is 35.5. The zero-order chi connectivity index (χ0) is 23.6. The minimum atomic E-state index is -4.67. The Hall–Kier alpha value is -2.27. The number of hydrogen-bond acceptors (Lipinski definition) is 5. The molecule has 10 heteroatoms. The number of hydrogen-bond donors (Lipinski definition) is 3. The van der Waals surface area contributed by atoms with Crippen molar-refractivity contribution in [2.75, 3.05) is 39.3 Å². The van der Waals surface area contributed by atoms with Crippen LogP contribution in [0.3, 0.4) is 0 Å². The summed E-state index contributed by atoms with van der Waals surface area (Å²) in [5.41, 5.74) is 2.71. The average Bonchev–Trinajstić information content (AvgIpc) is 2.74. The van der Waals surface area contributed by atoms with Crippen LogP contribution in [0.1, 0.15) is 21.5 Å². The summed E-state index contributed by atoms with van der Waals surface area (Å²) in [4.78, 5) is 15.8. The van der Waals surface area contributed by atoms with Crippen molar-refractivity contribution in [1.29, 1.82) is 0 Å². The third-order valence-corrected chi connectivity index (χ3v) is 5.18. The van der Waals surface area contributed by atoms with Gasteiger partial charge in [-0.05, 0) is 41.8 Å². The molecule has 0 atom stereocenters. The molecule has 8 nitrogen and oxygen atoms in total. The number of benzene rings is 2. The average molecular weight is 483 g/mol. The molecule has 1 heterocycles. The van der Waals surface area contributed by atoms with Crippen molar-refractivity contribution in [2.24, 2.45) is 0 Å². The van der Waals surface area contributed by atoms with E-state index in [-0.39, 0.29) is 0 Å². The normalized spacial score (nSPS) is 15.3. The summed E-state index contributed by atoms with van der Waals surface area (Å²) in [6.07, 6.45) is 5.31. The molecule has 2 aromatic rings. The van der Waals surface area contributed by atoms with Gasteiger partial charge in [0.2, 0.25) is 0 Å². The van der Waals surface area contributed by atoms with Crippen molar-refractivity contribution >= 4 is 34.0 Å². The Kier molecular flexibility index (Phi) is 10.3. The molecule has 1 aliphatic rings. The standard InChI is InChI=1S/C22H25ClN2O2.H2O4S/c23-21-9-5-18(6-10-21)2-1-12-24-14-16-25(17-15-24)13-11-19-3-7-20(8-4-19)22(26)27;1-5(2,3)4/h1-10H,11-17H2,(H,26,27);(H2,1,2,3,4). The Bertz CT molecular complexity index is 978. The molecule has 1 aliphatic heterocycles. The lowest BCUT2D eigenvalue weighted by molar-refractivity contribution is 0.0697. The van der Waals surface area contributed by atoms with Crippen LogP contribution in [-0.2, 0) is 16.8 Å². The molecule has 32 heavy (non-hydrogen) atoms. The van der Waals surface area contributed by atoms with Crippen LogP contribution in [-0.4, -0.2) is 77.7 Å². The quantitative estimate of drug-likeness (QED) is 0.514. The molecule has 1 saturated heterocycles. The van der Waals surface area contributed by atoms with E-state index in [1.807, 2.05) is 36.4 Å². The first-order chi connectivity index (χ1) is 15.1. The van der Waals surface area contributed by atoms with Gasteiger partial charge in [0.1, 0.15) is 0 Å². The molecule has 3 N–H and O–H groups in total. The van der Waals surface area contributed by atoms with Gasteiger partial charge in [-0.25, -0.2) is 4.79 Å². The van der Waals surface area contributed by atoms with Gasteiger partial charge in [-0.2, -0.15) is 8.42 Å². The van der Waals surface area contributed by atoms with Crippen molar-refractivity contribution in [2.45, 2.75) is 6.42 Å². The lowest BCUT2D eigenvalue weighted by Gasteiger charge is -2.34. The van der Waals surface area contributed by atoms with Crippen molar-refractivity contribution in [3.05, 3.63) is 76.3 Å². The monoisotopic (exact) mass is 482 g/mol. The van der Waals surface area contributed by atoms with Crippen LogP contribution in [0.25, 0.3) is 6.08 Å². The van der Waals surface area contributed by atoms with Crippen LogP contribution in [0.4, 0.5) is 0 Å². The minimum absolute atomic E-state index is 0.346. The summed E-state index contributed by atoms with van der Waals surface area (Å²) < 4.78 is 31.6. The van der Waals surface area contributed by atoms with E-state index in [1.54, 1.807) is 12.1 Å². The van der Waals surface area contributed by atoms with Crippen molar-refractivity contribution in [3.8, 4) is 0 Å². The van der Waals surface area contributed by atoms with Gasteiger partial charge in [0.15, 0.2) is 0 Å². The second kappa shape index (κ2) is 12.7. The van der Waals surface area contributed by atoms with Gasteiger partial charge in [0.05, 0.1) is 5.56 Å². The summed E-state index contributed by atoms with van der Waals surface area (Å²) in [5.74, 6) is -0.872. The molecule has 0 unspecified atom stereocenters.